The number of aryl methyl sites for hydroxylation is 1. The number of carboxylic acid groups (broad SMARTS) is 1. The molecule has 1 aromatic rings. The predicted octanol–water partition coefficient (Wildman–Crippen LogP) is 2.43. The summed E-state index contributed by atoms with van der Waals surface area (Å²) in [6, 6.07) is 2.14. The van der Waals surface area contributed by atoms with Crippen molar-refractivity contribution < 1.29 is 9.90 Å². The van der Waals surface area contributed by atoms with Gasteiger partial charge in [-0.05, 0) is 42.7 Å². The van der Waals surface area contributed by atoms with E-state index in [0.29, 0.717) is 0 Å². The molecule has 0 aromatic carbocycles. The van der Waals surface area contributed by atoms with Crippen LogP contribution in [0, 0.1) is 5.92 Å². The van der Waals surface area contributed by atoms with Crippen LogP contribution >= 0.6 is 11.3 Å². The van der Waals surface area contributed by atoms with Crippen molar-refractivity contribution in [2.45, 2.75) is 31.1 Å². The van der Waals surface area contributed by atoms with Crippen LogP contribution in [0.3, 0.4) is 0 Å². The number of aliphatic carboxylic acids is 1. The van der Waals surface area contributed by atoms with Crippen LogP contribution in [0.5, 0.6) is 0 Å². The molecule has 1 N–H and O–H groups in total. The Balaban J connectivity index is 2.02. The lowest BCUT2D eigenvalue weighted by Crippen LogP contribution is -2.19. The second-order valence-electron chi connectivity index (χ2n) is 4.36. The van der Waals surface area contributed by atoms with Crippen LogP contribution in [0.2, 0.25) is 0 Å². The Bertz CT molecular complexity index is 396. The molecule has 3 rings (SSSR count). The number of carbonyl (C=O) groups is 1. The predicted molar refractivity (Wildman–Crippen MR) is 54.7 cm³/mol. The van der Waals surface area contributed by atoms with Gasteiger partial charge < -0.3 is 5.11 Å². The van der Waals surface area contributed by atoms with E-state index in [1.807, 2.05) is 0 Å². The lowest BCUT2D eigenvalue weighted by Gasteiger charge is -2.22. The van der Waals surface area contributed by atoms with Crippen molar-refractivity contribution >= 4 is 17.3 Å². The van der Waals surface area contributed by atoms with Crippen molar-refractivity contribution in [3.05, 3.63) is 21.9 Å². The van der Waals surface area contributed by atoms with Crippen molar-refractivity contribution in [3.63, 3.8) is 0 Å². The van der Waals surface area contributed by atoms with Gasteiger partial charge in [0.25, 0.3) is 0 Å². The van der Waals surface area contributed by atoms with E-state index < -0.39 is 5.97 Å². The topological polar surface area (TPSA) is 37.3 Å². The Morgan fingerprint density at radius 1 is 1.64 bits per heavy atom. The first-order valence-corrected chi connectivity index (χ1v) is 5.92. The molecule has 74 valence electrons. The molecule has 2 unspecified atom stereocenters. The quantitative estimate of drug-likeness (QED) is 0.769. The van der Waals surface area contributed by atoms with Crippen LogP contribution < -0.4 is 0 Å². The van der Waals surface area contributed by atoms with Crippen LogP contribution in [0.25, 0.3) is 0 Å². The van der Waals surface area contributed by atoms with Gasteiger partial charge in [0, 0.05) is 10.3 Å². The summed E-state index contributed by atoms with van der Waals surface area (Å²) in [6.07, 6.45) is 4.26. The summed E-state index contributed by atoms with van der Waals surface area (Å²) >= 11 is 1.79. The maximum atomic E-state index is 11.0. The molecule has 0 amide bonds. The molecule has 2 nitrogen and oxygen atoms in total. The first-order valence-electron chi connectivity index (χ1n) is 5.04. The zero-order chi connectivity index (χ0) is 9.76. The molecule has 2 atom stereocenters. The maximum Gasteiger partial charge on any atom is 0.307 e. The second kappa shape index (κ2) is 2.60. The molecule has 0 saturated heterocycles. The van der Waals surface area contributed by atoms with E-state index >= 15 is 0 Å². The molecule has 0 aliphatic heterocycles. The Morgan fingerprint density at radius 3 is 3.21 bits per heavy atom. The van der Waals surface area contributed by atoms with Crippen LogP contribution in [0.1, 0.15) is 29.7 Å². The number of rotatable bonds is 1. The molecular weight excluding hydrogens is 196 g/mol. The largest absolute Gasteiger partial charge is 0.481 e. The number of hydrogen-bond acceptors (Lipinski definition) is 2. The Labute approximate surface area is 86.6 Å². The monoisotopic (exact) mass is 208 g/mol. The molecule has 2 aliphatic rings. The van der Waals surface area contributed by atoms with E-state index in [4.69, 9.17) is 5.11 Å². The van der Waals surface area contributed by atoms with Gasteiger partial charge in [0.15, 0.2) is 0 Å². The SMILES string of the molecule is O=C(O)C1CC12CCCc1sccc12. The highest BCUT2D eigenvalue weighted by Crippen LogP contribution is 2.61. The highest BCUT2D eigenvalue weighted by Gasteiger charge is 2.60. The molecule has 2 aliphatic carbocycles. The van der Waals surface area contributed by atoms with Crippen molar-refractivity contribution in [3.8, 4) is 0 Å². The average molecular weight is 208 g/mol. The first kappa shape index (κ1) is 8.48. The number of carboxylic acids is 1. The molecule has 1 fully saturated rings. The fraction of sp³-hybridized carbons (Fsp3) is 0.545. The third kappa shape index (κ3) is 0.934. The zero-order valence-electron chi connectivity index (χ0n) is 7.82. The van der Waals surface area contributed by atoms with Gasteiger partial charge in [-0.15, -0.1) is 11.3 Å². The van der Waals surface area contributed by atoms with Crippen LogP contribution in [-0.2, 0) is 16.6 Å². The van der Waals surface area contributed by atoms with Crippen LogP contribution in [-0.4, -0.2) is 11.1 Å². The van der Waals surface area contributed by atoms with Crippen LogP contribution in [0.15, 0.2) is 11.4 Å². The average Bonchev–Trinajstić information content (AvgIpc) is 2.67. The summed E-state index contributed by atoms with van der Waals surface area (Å²) in [7, 11) is 0. The van der Waals surface area contributed by atoms with Gasteiger partial charge in [0.2, 0.25) is 0 Å². The molecule has 1 aromatic heterocycles. The van der Waals surface area contributed by atoms with E-state index in [1.165, 1.54) is 10.4 Å². The van der Waals surface area contributed by atoms with Crippen molar-refractivity contribution in [1.29, 1.82) is 0 Å². The molecule has 0 bridgehead atoms. The zero-order valence-corrected chi connectivity index (χ0v) is 8.64. The molecule has 1 heterocycles. The minimum Gasteiger partial charge on any atom is -0.481 e. The van der Waals surface area contributed by atoms with E-state index in [9.17, 15) is 4.79 Å². The molecule has 1 spiro atoms. The Morgan fingerprint density at radius 2 is 2.50 bits per heavy atom. The number of thiophene rings is 1. The van der Waals surface area contributed by atoms with Crippen molar-refractivity contribution in [2.75, 3.05) is 0 Å². The van der Waals surface area contributed by atoms with Gasteiger partial charge in [-0.3, -0.25) is 4.79 Å². The second-order valence-corrected chi connectivity index (χ2v) is 5.36. The minimum absolute atomic E-state index is 0.0411. The summed E-state index contributed by atoms with van der Waals surface area (Å²) in [5, 5.41) is 11.1. The number of hydrogen-bond donors (Lipinski definition) is 1. The standard InChI is InChI=1S/C11H12O2S/c12-10(13)8-6-11(8)4-1-2-9-7(11)3-5-14-9/h3,5,8H,1-2,4,6H2,(H,12,13). The molecular formula is C11H12O2S. The Hall–Kier alpha value is -0.830. The van der Waals surface area contributed by atoms with Crippen LogP contribution in [0.4, 0.5) is 0 Å². The fourth-order valence-electron chi connectivity index (χ4n) is 2.88. The van der Waals surface area contributed by atoms with Crippen molar-refractivity contribution in [2.24, 2.45) is 5.92 Å². The summed E-state index contributed by atoms with van der Waals surface area (Å²) < 4.78 is 0. The fourth-order valence-corrected chi connectivity index (χ4v) is 3.91. The van der Waals surface area contributed by atoms with E-state index in [0.717, 1.165) is 25.7 Å². The van der Waals surface area contributed by atoms with Gasteiger partial charge in [0.1, 0.15) is 0 Å². The Kier molecular flexibility index (Phi) is 1.57. The van der Waals surface area contributed by atoms with Gasteiger partial charge in [-0.25, -0.2) is 0 Å². The van der Waals surface area contributed by atoms with Gasteiger partial charge in [-0.1, -0.05) is 0 Å². The highest BCUT2D eigenvalue weighted by atomic mass is 32.1. The lowest BCUT2D eigenvalue weighted by atomic mass is 9.83. The summed E-state index contributed by atoms with van der Waals surface area (Å²) in [5.74, 6) is -0.708. The lowest BCUT2D eigenvalue weighted by molar-refractivity contribution is -0.139. The summed E-state index contributed by atoms with van der Waals surface area (Å²) in [5.41, 5.74) is 1.39. The normalized spacial score (nSPS) is 34.1. The third-order valence-electron chi connectivity index (χ3n) is 3.68. The summed E-state index contributed by atoms with van der Waals surface area (Å²) in [4.78, 5) is 12.4. The molecule has 3 heteroatoms. The van der Waals surface area contributed by atoms with Gasteiger partial charge >= 0.3 is 5.97 Å². The van der Waals surface area contributed by atoms with E-state index in [1.54, 1.807) is 11.3 Å². The molecule has 14 heavy (non-hydrogen) atoms. The smallest absolute Gasteiger partial charge is 0.307 e. The summed E-state index contributed by atoms with van der Waals surface area (Å²) in [6.45, 7) is 0. The molecule has 1 saturated carbocycles. The minimum atomic E-state index is -0.607. The van der Waals surface area contributed by atoms with Gasteiger partial charge in [0.05, 0.1) is 5.92 Å². The molecule has 0 radical (unpaired) electrons. The van der Waals surface area contributed by atoms with E-state index in [2.05, 4.69) is 11.4 Å². The highest BCUT2D eigenvalue weighted by molar-refractivity contribution is 7.10. The van der Waals surface area contributed by atoms with Crippen molar-refractivity contribution in [1.82, 2.24) is 0 Å². The van der Waals surface area contributed by atoms with E-state index in [-0.39, 0.29) is 11.3 Å². The van der Waals surface area contributed by atoms with Gasteiger partial charge in [-0.2, -0.15) is 0 Å². The number of fused-ring (bicyclic) bond motifs is 2. The third-order valence-corrected chi connectivity index (χ3v) is 4.66. The first-order chi connectivity index (χ1) is 6.74. The maximum absolute atomic E-state index is 11.0.